The van der Waals surface area contributed by atoms with Gasteiger partial charge in [0.25, 0.3) is 0 Å². The van der Waals surface area contributed by atoms with E-state index in [0.29, 0.717) is 24.7 Å². The molecule has 0 aliphatic carbocycles. The zero-order chi connectivity index (χ0) is 21.8. The van der Waals surface area contributed by atoms with Gasteiger partial charge in [0.1, 0.15) is 23.9 Å². The van der Waals surface area contributed by atoms with Crippen LogP contribution in [0, 0.1) is 12.8 Å². The van der Waals surface area contributed by atoms with Gasteiger partial charge in [0.05, 0.1) is 5.92 Å². The Labute approximate surface area is 180 Å². The highest BCUT2D eigenvalue weighted by atomic mass is 19.4. The average Bonchev–Trinajstić information content (AvgIpc) is 3.26. The molecule has 1 atom stereocenters. The molecule has 0 amide bonds. The Bertz CT molecular complexity index is 1000. The maximum Gasteiger partial charge on any atom is 0.393 e. The van der Waals surface area contributed by atoms with Crippen molar-refractivity contribution in [2.24, 2.45) is 5.92 Å². The summed E-state index contributed by atoms with van der Waals surface area (Å²) in [5, 5.41) is 0. The SMILES string of the molecule is Cc1cc(OCc2ccccc2)ccc1Oc1ccc(N2CCC(C(F)(F)F)C2)cc1. The van der Waals surface area contributed by atoms with Crippen LogP contribution >= 0.6 is 0 Å². The first kappa shape index (κ1) is 21.1. The lowest BCUT2D eigenvalue weighted by atomic mass is 10.1. The number of rotatable bonds is 6. The molecule has 162 valence electrons. The quantitative estimate of drug-likeness (QED) is 0.434. The van der Waals surface area contributed by atoms with Crippen molar-refractivity contribution in [1.29, 1.82) is 0 Å². The summed E-state index contributed by atoms with van der Waals surface area (Å²) in [6.45, 7) is 2.86. The van der Waals surface area contributed by atoms with Crippen molar-refractivity contribution in [3.05, 3.63) is 83.9 Å². The Morgan fingerprint density at radius 3 is 2.29 bits per heavy atom. The largest absolute Gasteiger partial charge is 0.489 e. The topological polar surface area (TPSA) is 21.7 Å². The predicted molar refractivity (Wildman–Crippen MR) is 115 cm³/mol. The molecular formula is C25H24F3NO2. The number of nitrogens with zero attached hydrogens (tertiary/aromatic N) is 1. The highest BCUT2D eigenvalue weighted by Gasteiger charge is 2.43. The minimum Gasteiger partial charge on any atom is -0.489 e. The minimum absolute atomic E-state index is 0.00720. The second kappa shape index (κ2) is 8.92. The zero-order valence-corrected chi connectivity index (χ0v) is 17.2. The van der Waals surface area contributed by atoms with Crippen LogP contribution in [0.15, 0.2) is 72.8 Å². The summed E-state index contributed by atoms with van der Waals surface area (Å²) in [4.78, 5) is 1.77. The molecule has 1 aliphatic rings. The average molecular weight is 427 g/mol. The van der Waals surface area contributed by atoms with Crippen LogP contribution in [0.1, 0.15) is 17.5 Å². The molecule has 1 saturated heterocycles. The van der Waals surface area contributed by atoms with Gasteiger partial charge in [-0.05, 0) is 66.9 Å². The van der Waals surface area contributed by atoms with Gasteiger partial charge in [-0.2, -0.15) is 13.2 Å². The fraction of sp³-hybridized carbons (Fsp3) is 0.280. The van der Waals surface area contributed by atoms with Crippen molar-refractivity contribution in [3.8, 4) is 17.2 Å². The van der Waals surface area contributed by atoms with Gasteiger partial charge in [-0.3, -0.25) is 0 Å². The van der Waals surface area contributed by atoms with Crippen molar-refractivity contribution in [2.75, 3.05) is 18.0 Å². The Hall–Kier alpha value is -3.15. The van der Waals surface area contributed by atoms with E-state index in [1.54, 1.807) is 29.2 Å². The van der Waals surface area contributed by atoms with Crippen molar-refractivity contribution < 1.29 is 22.6 Å². The smallest absolute Gasteiger partial charge is 0.393 e. The molecule has 3 aromatic rings. The first-order chi connectivity index (χ1) is 14.9. The van der Waals surface area contributed by atoms with Crippen LogP contribution in [-0.4, -0.2) is 19.3 Å². The van der Waals surface area contributed by atoms with E-state index >= 15 is 0 Å². The van der Waals surface area contributed by atoms with Crippen molar-refractivity contribution in [2.45, 2.75) is 26.1 Å². The lowest BCUT2D eigenvalue weighted by Crippen LogP contribution is -2.27. The maximum atomic E-state index is 12.9. The van der Waals surface area contributed by atoms with Crippen LogP contribution in [0.3, 0.4) is 0 Å². The van der Waals surface area contributed by atoms with E-state index in [2.05, 4.69) is 0 Å². The third-order valence-electron chi connectivity index (χ3n) is 5.48. The van der Waals surface area contributed by atoms with Crippen LogP contribution in [0.25, 0.3) is 0 Å². The number of hydrogen-bond acceptors (Lipinski definition) is 3. The van der Waals surface area contributed by atoms with Gasteiger partial charge in [0.15, 0.2) is 0 Å². The molecule has 1 fully saturated rings. The molecule has 0 bridgehead atoms. The van der Waals surface area contributed by atoms with E-state index in [9.17, 15) is 13.2 Å². The summed E-state index contributed by atoms with van der Waals surface area (Å²) in [6.07, 6.45) is -3.99. The van der Waals surface area contributed by atoms with Gasteiger partial charge in [0, 0.05) is 18.8 Å². The van der Waals surface area contributed by atoms with Crippen molar-refractivity contribution in [1.82, 2.24) is 0 Å². The third-order valence-corrected chi connectivity index (χ3v) is 5.48. The van der Waals surface area contributed by atoms with E-state index in [4.69, 9.17) is 9.47 Å². The van der Waals surface area contributed by atoms with Gasteiger partial charge in [-0.15, -0.1) is 0 Å². The summed E-state index contributed by atoms with van der Waals surface area (Å²) in [5.41, 5.74) is 2.81. The van der Waals surface area contributed by atoms with Gasteiger partial charge in [-0.1, -0.05) is 30.3 Å². The Kier molecular flexibility index (Phi) is 6.07. The highest BCUT2D eigenvalue weighted by molar-refractivity contribution is 5.51. The number of benzene rings is 3. The van der Waals surface area contributed by atoms with Crippen LogP contribution in [0.4, 0.5) is 18.9 Å². The molecule has 0 saturated carbocycles. The minimum atomic E-state index is -4.13. The van der Waals surface area contributed by atoms with Crippen molar-refractivity contribution in [3.63, 3.8) is 0 Å². The van der Waals surface area contributed by atoms with E-state index in [1.165, 1.54) is 0 Å². The van der Waals surface area contributed by atoms with Gasteiger partial charge >= 0.3 is 6.18 Å². The zero-order valence-electron chi connectivity index (χ0n) is 17.2. The maximum absolute atomic E-state index is 12.9. The standard InChI is InChI=1S/C25H24F3NO2/c1-18-15-23(30-17-19-5-3-2-4-6-19)11-12-24(18)31-22-9-7-21(8-10-22)29-14-13-20(16-29)25(26,27)28/h2-12,15,20H,13-14,16-17H2,1H3. The summed E-state index contributed by atoms with van der Waals surface area (Å²) in [7, 11) is 0. The molecule has 4 rings (SSSR count). The molecule has 1 aliphatic heterocycles. The number of ether oxygens (including phenoxy) is 2. The van der Waals surface area contributed by atoms with E-state index < -0.39 is 12.1 Å². The van der Waals surface area contributed by atoms with Gasteiger partial charge in [-0.25, -0.2) is 0 Å². The lowest BCUT2D eigenvalue weighted by molar-refractivity contribution is -0.168. The van der Waals surface area contributed by atoms with E-state index in [1.807, 2.05) is 55.5 Å². The molecule has 1 heterocycles. The fourth-order valence-electron chi connectivity index (χ4n) is 3.68. The Balaban J connectivity index is 1.36. The molecular weight excluding hydrogens is 403 g/mol. The molecule has 0 N–H and O–H groups in total. The molecule has 3 nitrogen and oxygen atoms in total. The number of alkyl halides is 3. The third kappa shape index (κ3) is 5.32. The monoisotopic (exact) mass is 427 g/mol. The molecule has 3 aromatic carbocycles. The van der Waals surface area contributed by atoms with E-state index in [0.717, 1.165) is 22.6 Å². The Morgan fingerprint density at radius 2 is 1.65 bits per heavy atom. The molecule has 1 unspecified atom stereocenters. The lowest BCUT2D eigenvalue weighted by Gasteiger charge is -2.20. The first-order valence-electron chi connectivity index (χ1n) is 10.3. The number of halogens is 3. The van der Waals surface area contributed by atoms with Crippen LogP contribution in [0.2, 0.25) is 0 Å². The summed E-state index contributed by atoms with van der Waals surface area (Å²) >= 11 is 0. The first-order valence-corrected chi connectivity index (χ1v) is 10.3. The van der Waals surface area contributed by atoms with Crippen LogP contribution in [-0.2, 0) is 6.61 Å². The normalized spacial score (nSPS) is 16.4. The number of hydrogen-bond donors (Lipinski definition) is 0. The molecule has 6 heteroatoms. The van der Waals surface area contributed by atoms with Gasteiger partial charge < -0.3 is 14.4 Å². The van der Waals surface area contributed by atoms with Crippen LogP contribution in [0.5, 0.6) is 17.2 Å². The summed E-state index contributed by atoms with van der Waals surface area (Å²) in [6, 6.07) is 22.8. The summed E-state index contributed by atoms with van der Waals surface area (Å²) in [5.74, 6) is 0.848. The predicted octanol–water partition coefficient (Wildman–Crippen LogP) is 6.75. The van der Waals surface area contributed by atoms with Gasteiger partial charge in [0.2, 0.25) is 0 Å². The molecule has 0 spiro atoms. The Morgan fingerprint density at radius 1 is 0.935 bits per heavy atom. The number of aryl methyl sites for hydroxylation is 1. The highest BCUT2D eigenvalue weighted by Crippen LogP contribution is 2.36. The summed E-state index contributed by atoms with van der Waals surface area (Å²) < 4.78 is 50.5. The van der Waals surface area contributed by atoms with E-state index in [-0.39, 0.29) is 13.0 Å². The van der Waals surface area contributed by atoms with Crippen molar-refractivity contribution >= 4 is 5.69 Å². The fourth-order valence-corrected chi connectivity index (χ4v) is 3.68. The molecule has 0 radical (unpaired) electrons. The second-order valence-corrected chi connectivity index (χ2v) is 7.77. The second-order valence-electron chi connectivity index (χ2n) is 7.77. The molecule has 31 heavy (non-hydrogen) atoms. The number of anilines is 1. The molecule has 0 aromatic heterocycles. The van der Waals surface area contributed by atoms with Crippen LogP contribution < -0.4 is 14.4 Å².